The third kappa shape index (κ3) is 5.28. The van der Waals surface area contributed by atoms with Gasteiger partial charge in [0, 0.05) is 26.2 Å². The van der Waals surface area contributed by atoms with E-state index < -0.39 is 6.04 Å². The third-order valence-corrected chi connectivity index (χ3v) is 4.74. The minimum absolute atomic E-state index is 0.0660. The van der Waals surface area contributed by atoms with Crippen molar-refractivity contribution in [1.82, 2.24) is 10.2 Å². The van der Waals surface area contributed by atoms with Gasteiger partial charge in [0.1, 0.15) is 6.04 Å². The predicted molar refractivity (Wildman–Crippen MR) is 97.1 cm³/mol. The van der Waals surface area contributed by atoms with Gasteiger partial charge in [0.15, 0.2) is 0 Å². The number of likely N-dealkylation sites (tertiary alicyclic amines) is 1. The Morgan fingerprint density at radius 1 is 1.28 bits per heavy atom. The summed E-state index contributed by atoms with van der Waals surface area (Å²) in [6.45, 7) is 3.57. The van der Waals surface area contributed by atoms with Crippen LogP contribution in [0.5, 0.6) is 0 Å². The van der Waals surface area contributed by atoms with Crippen LogP contribution in [0.4, 0.5) is 0 Å². The molecule has 1 aliphatic heterocycles. The molecule has 25 heavy (non-hydrogen) atoms. The zero-order valence-corrected chi connectivity index (χ0v) is 15.1. The summed E-state index contributed by atoms with van der Waals surface area (Å²) in [7, 11) is 1.52. The molecule has 2 rings (SSSR count). The summed E-state index contributed by atoms with van der Waals surface area (Å²) >= 11 is 0. The van der Waals surface area contributed by atoms with Crippen LogP contribution in [0.1, 0.15) is 37.7 Å². The normalized spacial score (nSPS) is 17.8. The Morgan fingerprint density at radius 3 is 2.48 bits per heavy atom. The molecule has 1 heterocycles. The summed E-state index contributed by atoms with van der Waals surface area (Å²) in [6.07, 6.45) is 2.29. The third-order valence-electron chi connectivity index (χ3n) is 4.74. The fraction of sp³-hybridized carbons (Fsp3) is 0.579. The van der Waals surface area contributed by atoms with Gasteiger partial charge in [-0.05, 0) is 24.8 Å². The van der Waals surface area contributed by atoms with Crippen LogP contribution in [0.25, 0.3) is 0 Å². The van der Waals surface area contributed by atoms with Crippen LogP contribution in [0.3, 0.4) is 0 Å². The van der Waals surface area contributed by atoms with Crippen LogP contribution in [-0.4, -0.2) is 55.6 Å². The molecular formula is C19H29N3O3. The van der Waals surface area contributed by atoms with E-state index in [1.54, 1.807) is 0 Å². The minimum Gasteiger partial charge on any atom is -0.383 e. The quantitative estimate of drug-likeness (QED) is 0.778. The maximum absolute atomic E-state index is 12.9. The maximum atomic E-state index is 12.9. The average molecular weight is 347 g/mol. The zero-order valence-electron chi connectivity index (χ0n) is 15.1. The molecule has 1 aliphatic rings. The Bertz CT molecular complexity index is 556. The number of piperidine rings is 1. The number of ether oxygens (including phenoxy) is 1. The number of nitrogens with one attached hydrogen (secondary N) is 1. The number of carbonyl (C=O) groups is 2. The Hall–Kier alpha value is -1.92. The van der Waals surface area contributed by atoms with Gasteiger partial charge in [-0.25, -0.2) is 0 Å². The van der Waals surface area contributed by atoms with Gasteiger partial charge in [-0.1, -0.05) is 37.3 Å². The van der Waals surface area contributed by atoms with Crippen LogP contribution in [0.15, 0.2) is 30.3 Å². The van der Waals surface area contributed by atoms with Gasteiger partial charge in [0.05, 0.1) is 12.5 Å². The molecule has 0 spiro atoms. The topological polar surface area (TPSA) is 84.7 Å². The number of methoxy groups -OCH3 is 1. The zero-order chi connectivity index (χ0) is 18.2. The van der Waals surface area contributed by atoms with Crippen LogP contribution >= 0.6 is 0 Å². The van der Waals surface area contributed by atoms with E-state index in [-0.39, 0.29) is 30.4 Å². The second-order valence-corrected chi connectivity index (χ2v) is 6.54. The summed E-state index contributed by atoms with van der Waals surface area (Å²) < 4.78 is 4.90. The van der Waals surface area contributed by atoms with Crippen molar-refractivity contribution in [1.29, 1.82) is 0 Å². The van der Waals surface area contributed by atoms with Crippen molar-refractivity contribution in [2.45, 2.75) is 44.2 Å². The lowest BCUT2D eigenvalue weighted by Gasteiger charge is -2.35. The van der Waals surface area contributed by atoms with Gasteiger partial charge >= 0.3 is 0 Å². The van der Waals surface area contributed by atoms with E-state index >= 15 is 0 Å². The molecule has 0 radical (unpaired) electrons. The summed E-state index contributed by atoms with van der Waals surface area (Å²) in [5, 5.41) is 2.96. The number of benzene rings is 1. The summed E-state index contributed by atoms with van der Waals surface area (Å²) in [4.78, 5) is 26.7. The van der Waals surface area contributed by atoms with E-state index in [0.29, 0.717) is 13.1 Å². The highest BCUT2D eigenvalue weighted by Gasteiger charge is 2.29. The second kappa shape index (κ2) is 9.53. The molecule has 0 aliphatic carbocycles. The van der Waals surface area contributed by atoms with Crippen molar-refractivity contribution in [3.63, 3.8) is 0 Å². The molecular weight excluding hydrogens is 318 g/mol. The molecule has 138 valence electrons. The van der Waals surface area contributed by atoms with Crippen LogP contribution in [-0.2, 0) is 14.3 Å². The first-order valence-electron chi connectivity index (χ1n) is 8.95. The van der Waals surface area contributed by atoms with Gasteiger partial charge < -0.3 is 20.7 Å². The number of carbonyl (C=O) groups excluding carboxylic acids is 2. The standard InChI is InChI=1S/C19H29N3O3/c1-3-16(14-7-5-4-6-8-14)19(24)22-11-9-15(10-12-22)21-18(23)17(20)13-25-2/h4-8,15-17H,3,9-13,20H2,1-2H3,(H,21,23). The first kappa shape index (κ1) is 19.4. The van der Waals surface area contributed by atoms with Crippen molar-refractivity contribution < 1.29 is 14.3 Å². The van der Waals surface area contributed by atoms with E-state index in [1.807, 2.05) is 42.2 Å². The lowest BCUT2D eigenvalue weighted by atomic mass is 9.93. The Kier molecular flexibility index (Phi) is 7.40. The van der Waals surface area contributed by atoms with E-state index in [2.05, 4.69) is 5.32 Å². The van der Waals surface area contributed by atoms with Crippen LogP contribution < -0.4 is 11.1 Å². The molecule has 2 atom stereocenters. The van der Waals surface area contributed by atoms with Crippen molar-refractivity contribution in [3.8, 4) is 0 Å². The molecule has 0 bridgehead atoms. The lowest BCUT2D eigenvalue weighted by molar-refractivity contribution is -0.134. The summed E-state index contributed by atoms with van der Waals surface area (Å²) in [5.41, 5.74) is 6.81. The van der Waals surface area contributed by atoms with E-state index in [9.17, 15) is 9.59 Å². The highest BCUT2D eigenvalue weighted by Crippen LogP contribution is 2.24. The van der Waals surface area contributed by atoms with Crippen molar-refractivity contribution in [2.75, 3.05) is 26.8 Å². The van der Waals surface area contributed by atoms with E-state index in [4.69, 9.17) is 10.5 Å². The molecule has 6 heteroatoms. The predicted octanol–water partition coefficient (Wildman–Crippen LogP) is 1.26. The first-order chi connectivity index (χ1) is 12.1. The van der Waals surface area contributed by atoms with E-state index in [0.717, 1.165) is 24.8 Å². The molecule has 1 fully saturated rings. The molecule has 1 aromatic rings. The number of hydrogen-bond donors (Lipinski definition) is 2. The number of nitrogens with two attached hydrogens (primary N) is 1. The van der Waals surface area contributed by atoms with Gasteiger partial charge in [-0.2, -0.15) is 0 Å². The molecule has 1 aromatic carbocycles. The number of rotatable bonds is 7. The van der Waals surface area contributed by atoms with Gasteiger partial charge in [-0.3, -0.25) is 9.59 Å². The largest absolute Gasteiger partial charge is 0.383 e. The van der Waals surface area contributed by atoms with Crippen molar-refractivity contribution in [3.05, 3.63) is 35.9 Å². The van der Waals surface area contributed by atoms with Crippen LogP contribution in [0.2, 0.25) is 0 Å². The molecule has 2 unspecified atom stereocenters. The second-order valence-electron chi connectivity index (χ2n) is 6.54. The van der Waals surface area contributed by atoms with Gasteiger partial charge in [-0.15, -0.1) is 0 Å². The molecule has 1 saturated heterocycles. The fourth-order valence-corrected chi connectivity index (χ4v) is 3.27. The Balaban J connectivity index is 1.86. The lowest BCUT2D eigenvalue weighted by Crippen LogP contribution is -2.52. The molecule has 0 saturated carbocycles. The van der Waals surface area contributed by atoms with Crippen LogP contribution in [0, 0.1) is 0 Å². The molecule has 3 N–H and O–H groups in total. The first-order valence-corrected chi connectivity index (χ1v) is 8.95. The van der Waals surface area contributed by atoms with Crippen molar-refractivity contribution >= 4 is 11.8 Å². The number of hydrogen-bond acceptors (Lipinski definition) is 4. The minimum atomic E-state index is -0.646. The highest BCUT2D eigenvalue weighted by atomic mass is 16.5. The molecule has 0 aromatic heterocycles. The highest BCUT2D eigenvalue weighted by molar-refractivity contribution is 5.84. The fourth-order valence-electron chi connectivity index (χ4n) is 3.27. The van der Waals surface area contributed by atoms with Gasteiger partial charge in [0.2, 0.25) is 11.8 Å². The molecule has 6 nitrogen and oxygen atoms in total. The Labute approximate surface area is 149 Å². The Morgan fingerprint density at radius 2 is 1.92 bits per heavy atom. The maximum Gasteiger partial charge on any atom is 0.239 e. The van der Waals surface area contributed by atoms with Gasteiger partial charge in [0.25, 0.3) is 0 Å². The average Bonchev–Trinajstić information content (AvgIpc) is 2.64. The smallest absolute Gasteiger partial charge is 0.239 e. The number of amides is 2. The summed E-state index contributed by atoms with van der Waals surface area (Å²) in [5.74, 6) is -0.112. The van der Waals surface area contributed by atoms with Crippen molar-refractivity contribution in [2.24, 2.45) is 5.73 Å². The van der Waals surface area contributed by atoms with E-state index in [1.165, 1.54) is 7.11 Å². The SMILES string of the molecule is CCC(C(=O)N1CCC(NC(=O)C(N)COC)CC1)c1ccccc1. The summed E-state index contributed by atoms with van der Waals surface area (Å²) in [6, 6.07) is 9.34. The number of nitrogens with zero attached hydrogens (tertiary/aromatic N) is 1. The monoisotopic (exact) mass is 347 g/mol. The molecule has 2 amide bonds.